The molecule has 0 aromatic heterocycles. The van der Waals surface area contributed by atoms with Gasteiger partial charge in [0.05, 0.1) is 0 Å². The molecule has 2 aliphatic rings. The van der Waals surface area contributed by atoms with Crippen LogP contribution in [0.3, 0.4) is 0 Å². The van der Waals surface area contributed by atoms with Crippen molar-refractivity contribution < 1.29 is 0 Å². The van der Waals surface area contributed by atoms with E-state index in [9.17, 15) is 0 Å². The van der Waals surface area contributed by atoms with E-state index in [0.29, 0.717) is 0 Å². The first-order chi connectivity index (χ1) is 7.81. The van der Waals surface area contributed by atoms with E-state index in [1.807, 2.05) is 12.1 Å². The van der Waals surface area contributed by atoms with E-state index in [0.717, 1.165) is 30.0 Å². The Labute approximate surface area is 97.2 Å². The highest BCUT2D eigenvalue weighted by molar-refractivity contribution is 5.51. The van der Waals surface area contributed by atoms with E-state index in [1.165, 1.54) is 31.4 Å². The first-order valence-corrected chi connectivity index (χ1v) is 6.40. The fourth-order valence-electron chi connectivity index (χ4n) is 3.48. The summed E-state index contributed by atoms with van der Waals surface area (Å²) in [7, 11) is 0. The molecule has 2 bridgehead atoms. The monoisotopic (exact) mass is 216 g/mol. The van der Waals surface area contributed by atoms with Crippen molar-refractivity contribution in [1.29, 1.82) is 0 Å². The lowest BCUT2D eigenvalue weighted by atomic mass is 9.89. The van der Waals surface area contributed by atoms with E-state index in [2.05, 4.69) is 17.4 Å². The van der Waals surface area contributed by atoms with Crippen molar-refractivity contribution in [3.05, 3.63) is 24.3 Å². The van der Waals surface area contributed by atoms with Crippen LogP contribution in [-0.4, -0.2) is 6.54 Å². The summed E-state index contributed by atoms with van der Waals surface area (Å²) >= 11 is 0. The molecule has 2 nitrogen and oxygen atoms in total. The quantitative estimate of drug-likeness (QED) is 0.762. The molecular formula is C14H20N2. The molecule has 3 unspecified atom stereocenters. The highest BCUT2D eigenvalue weighted by atomic mass is 14.9. The maximum atomic E-state index is 5.67. The van der Waals surface area contributed by atoms with Crippen LogP contribution < -0.4 is 11.1 Å². The molecule has 2 heteroatoms. The maximum Gasteiger partial charge on any atom is 0.0341 e. The molecule has 1 aromatic rings. The summed E-state index contributed by atoms with van der Waals surface area (Å²) in [5.41, 5.74) is 7.71. The zero-order valence-electron chi connectivity index (χ0n) is 9.65. The molecule has 0 radical (unpaired) electrons. The Bertz CT molecular complexity index is 358. The van der Waals surface area contributed by atoms with Crippen molar-refractivity contribution in [3.8, 4) is 0 Å². The van der Waals surface area contributed by atoms with E-state index in [1.54, 1.807) is 0 Å². The molecule has 1 aromatic carbocycles. The number of rotatable bonds is 3. The molecular weight excluding hydrogens is 196 g/mol. The van der Waals surface area contributed by atoms with Gasteiger partial charge < -0.3 is 11.1 Å². The number of anilines is 2. The molecule has 3 N–H and O–H groups in total. The van der Waals surface area contributed by atoms with Gasteiger partial charge in [0.1, 0.15) is 0 Å². The Morgan fingerprint density at radius 2 is 1.94 bits per heavy atom. The van der Waals surface area contributed by atoms with Crippen LogP contribution in [0.4, 0.5) is 11.4 Å². The Balaban J connectivity index is 1.55. The molecule has 3 atom stereocenters. The van der Waals surface area contributed by atoms with Crippen LogP contribution in [0.1, 0.15) is 25.7 Å². The van der Waals surface area contributed by atoms with Crippen LogP contribution in [0.25, 0.3) is 0 Å². The van der Waals surface area contributed by atoms with Crippen molar-refractivity contribution in [2.45, 2.75) is 25.7 Å². The average molecular weight is 216 g/mol. The van der Waals surface area contributed by atoms with Crippen molar-refractivity contribution in [2.75, 3.05) is 17.6 Å². The first kappa shape index (κ1) is 10.0. The number of nitrogens with one attached hydrogen (secondary N) is 1. The molecule has 3 rings (SSSR count). The van der Waals surface area contributed by atoms with Crippen molar-refractivity contribution in [1.82, 2.24) is 0 Å². The SMILES string of the molecule is Nc1ccc(NCC2CC3CCC2C3)cc1. The molecule has 2 fully saturated rings. The lowest BCUT2D eigenvalue weighted by molar-refractivity contribution is 0.348. The van der Waals surface area contributed by atoms with Gasteiger partial charge in [0.25, 0.3) is 0 Å². The summed E-state index contributed by atoms with van der Waals surface area (Å²) < 4.78 is 0. The third-order valence-corrected chi connectivity index (χ3v) is 4.36. The zero-order chi connectivity index (χ0) is 11.0. The summed E-state index contributed by atoms with van der Waals surface area (Å²) in [6, 6.07) is 8.07. The molecule has 2 saturated carbocycles. The van der Waals surface area contributed by atoms with Gasteiger partial charge in [0.2, 0.25) is 0 Å². The zero-order valence-corrected chi connectivity index (χ0v) is 9.65. The molecule has 0 spiro atoms. The van der Waals surface area contributed by atoms with Crippen LogP contribution in [0.2, 0.25) is 0 Å². The van der Waals surface area contributed by atoms with Gasteiger partial charge in [0, 0.05) is 17.9 Å². The number of fused-ring (bicyclic) bond motifs is 2. The van der Waals surface area contributed by atoms with Crippen molar-refractivity contribution in [3.63, 3.8) is 0 Å². The van der Waals surface area contributed by atoms with Crippen molar-refractivity contribution in [2.24, 2.45) is 17.8 Å². The number of nitrogen functional groups attached to an aromatic ring is 1. The highest BCUT2D eigenvalue weighted by Gasteiger charge is 2.38. The second-order valence-corrected chi connectivity index (χ2v) is 5.44. The summed E-state index contributed by atoms with van der Waals surface area (Å²) in [6.07, 6.45) is 5.91. The van der Waals surface area contributed by atoms with Gasteiger partial charge in [-0.25, -0.2) is 0 Å². The molecule has 86 valence electrons. The van der Waals surface area contributed by atoms with Crippen LogP contribution in [0.5, 0.6) is 0 Å². The average Bonchev–Trinajstić information content (AvgIpc) is 2.90. The first-order valence-electron chi connectivity index (χ1n) is 6.40. The number of nitrogens with two attached hydrogens (primary N) is 1. The minimum absolute atomic E-state index is 0.838. The summed E-state index contributed by atoms with van der Waals surface area (Å²) in [5.74, 6) is 2.96. The maximum absolute atomic E-state index is 5.67. The largest absolute Gasteiger partial charge is 0.399 e. The fraction of sp³-hybridized carbons (Fsp3) is 0.571. The molecule has 2 aliphatic carbocycles. The van der Waals surface area contributed by atoms with Gasteiger partial charge >= 0.3 is 0 Å². The minimum Gasteiger partial charge on any atom is -0.399 e. The number of hydrogen-bond acceptors (Lipinski definition) is 2. The van der Waals surface area contributed by atoms with E-state index in [-0.39, 0.29) is 0 Å². The standard InChI is InChI=1S/C14H20N2/c15-13-3-5-14(6-4-13)16-9-12-8-10-1-2-11(12)7-10/h3-6,10-12,16H,1-2,7-9,15H2. The second kappa shape index (κ2) is 4.00. The number of hydrogen-bond donors (Lipinski definition) is 2. The van der Waals surface area contributed by atoms with Gasteiger partial charge in [-0.2, -0.15) is 0 Å². The van der Waals surface area contributed by atoms with Crippen molar-refractivity contribution >= 4 is 11.4 Å². The predicted octanol–water partition coefficient (Wildman–Crippen LogP) is 3.12. The summed E-state index contributed by atoms with van der Waals surface area (Å²) in [6.45, 7) is 1.14. The Morgan fingerprint density at radius 1 is 1.12 bits per heavy atom. The molecule has 0 saturated heterocycles. The second-order valence-electron chi connectivity index (χ2n) is 5.44. The Hall–Kier alpha value is -1.18. The summed E-state index contributed by atoms with van der Waals surface area (Å²) in [5, 5.41) is 3.54. The topological polar surface area (TPSA) is 38.0 Å². The normalized spacial score (nSPS) is 31.9. The molecule has 16 heavy (non-hydrogen) atoms. The fourth-order valence-corrected chi connectivity index (χ4v) is 3.48. The van der Waals surface area contributed by atoms with Gasteiger partial charge in [-0.1, -0.05) is 6.42 Å². The summed E-state index contributed by atoms with van der Waals surface area (Å²) in [4.78, 5) is 0. The lowest BCUT2D eigenvalue weighted by Gasteiger charge is -2.22. The van der Waals surface area contributed by atoms with E-state index >= 15 is 0 Å². The molecule has 0 heterocycles. The number of benzene rings is 1. The highest BCUT2D eigenvalue weighted by Crippen LogP contribution is 2.48. The third-order valence-electron chi connectivity index (χ3n) is 4.36. The predicted molar refractivity (Wildman–Crippen MR) is 68.3 cm³/mol. The Kier molecular flexibility index (Phi) is 2.50. The van der Waals surface area contributed by atoms with Crippen LogP contribution >= 0.6 is 0 Å². The van der Waals surface area contributed by atoms with E-state index < -0.39 is 0 Å². The molecule has 0 amide bonds. The van der Waals surface area contributed by atoms with E-state index in [4.69, 9.17) is 5.73 Å². The van der Waals surface area contributed by atoms with Gasteiger partial charge in [-0.05, 0) is 61.3 Å². The van der Waals surface area contributed by atoms with Gasteiger partial charge in [-0.3, -0.25) is 0 Å². The van der Waals surface area contributed by atoms with Crippen LogP contribution in [-0.2, 0) is 0 Å². The lowest BCUT2D eigenvalue weighted by Crippen LogP contribution is -2.20. The minimum atomic E-state index is 0.838. The van der Waals surface area contributed by atoms with Gasteiger partial charge in [-0.15, -0.1) is 0 Å². The van der Waals surface area contributed by atoms with Gasteiger partial charge in [0.15, 0.2) is 0 Å². The Morgan fingerprint density at radius 3 is 2.56 bits per heavy atom. The smallest absolute Gasteiger partial charge is 0.0341 e. The van der Waals surface area contributed by atoms with Crippen LogP contribution in [0, 0.1) is 17.8 Å². The molecule has 0 aliphatic heterocycles. The third kappa shape index (κ3) is 1.89. The van der Waals surface area contributed by atoms with Crippen LogP contribution in [0.15, 0.2) is 24.3 Å².